The topological polar surface area (TPSA) is 81.7 Å². The Morgan fingerprint density at radius 2 is 1.50 bits per heavy atom. The maximum atomic E-state index is 12.9. The Balaban J connectivity index is 4.86. The number of unbranched alkanes of at least 4 members (excludes halogenated alkanes) is 6. The number of amides is 1. The van der Waals surface area contributed by atoms with Gasteiger partial charge in [-0.2, -0.15) is 0 Å². The highest BCUT2D eigenvalue weighted by Crippen LogP contribution is 2.19. The van der Waals surface area contributed by atoms with Gasteiger partial charge in [0.25, 0.3) is 0 Å². The van der Waals surface area contributed by atoms with Crippen LogP contribution in [-0.4, -0.2) is 36.1 Å². The smallest absolute Gasteiger partial charge is 0.307 e. The quantitative estimate of drug-likeness (QED) is 0.288. The van der Waals surface area contributed by atoms with Gasteiger partial charge < -0.3 is 14.8 Å². The van der Waals surface area contributed by atoms with E-state index in [2.05, 4.69) is 12.2 Å². The first-order valence-corrected chi connectivity index (χ1v) is 11.6. The average molecular weight is 428 g/mol. The zero-order valence-corrected chi connectivity index (χ0v) is 20.3. The van der Waals surface area contributed by atoms with Crippen LogP contribution in [0.1, 0.15) is 106 Å². The van der Waals surface area contributed by atoms with Gasteiger partial charge in [0.2, 0.25) is 5.91 Å². The molecular formula is C24H45NO5. The summed E-state index contributed by atoms with van der Waals surface area (Å²) >= 11 is 0. The molecule has 0 aromatic carbocycles. The van der Waals surface area contributed by atoms with E-state index < -0.39 is 11.5 Å². The first-order valence-electron chi connectivity index (χ1n) is 11.6. The number of hydrogen-bond acceptors (Lipinski definition) is 5. The van der Waals surface area contributed by atoms with Crippen molar-refractivity contribution in [2.75, 3.05) is 6.61 Å². The lowest BCUT2D eigenvalue weighted by Gasteiger charge is -2.26. The third kappa shape index (κ3) is 15.3. The molecule has 0 unspecified atom stereocenters. The van der Waals surface area contributed by atoms with Crippen molar-refractivity contribution in [1.29, 1.82) is 0 Å². The lowest BCUT2D eigenvalue weighted by molar-refractivity contribution is -0.157. The monoisotopic (exact) mass is 427 g/mol. The second-order valence-corrected chi connectivity index (χ2v) is 9.56. The molecule has 2 atom stereocenters. The molecular weight excluding hydrogens is 382 g/mol. The van der Waals surface area contributed by atoms with Crippen molar-refractivity contribution in [3.8, 4) is 0 Å². The molecule has 1 amide bonds. The molecule has 0 saturated heterocycles. The standard InChI is InChI=1S/C24H45NO5/c1-8-9-10-11-12-13-14-15-20(16-22(27)30-24(5,6)7)23(28)25-21(18(2)3)17-29-19(4)26/h18,20-21H,8-17H2,1-7H3,(H,25,28)/t20-,21-/m1/s1. The van der Waals surface area contributed by atoms with E-state index in [1.54, 1.807) is 0 Å². The molecule has 0 fully saturated rings. The summed E-state index contributed by atoms with van der Waals surface area (Å²) < 4.78 is 10.5. The van der Waals surface area contributed by atoms with Gasteiger partial charge in [0.05, 0.1) is 12.5 Å². The van der Waals surface area contributed by atoms with Gasteiger partial charge in [-0.15, -0.1) is 0 Å². The second-order valence-electron chi connectivity index (χ2n) is 9.56. The fourth-order valence-electron chi connectivity index (χ4n) is 3.17. The molecule has 176 valence electrons. The highest BCUT2D eigenvalue weighted by atomic mass is 16.6. The lowest BCUT2D eigenvalue weighted by atomic mass is 9.94. The van der Waals surface area contributed by atoms with Crippen LogP contribution >= 0.6 is 0 Å². The predicted octanol–water partition coefficient (Wildman–Crippen LogP) is 5.18. The summed E-state index contributed by atoms with van der Waals surface area (Å²) in [7, 11) is 0. The number of rotatable bonds is 15. The Bertz CT molecular complexity index is 510. The number of esters is 2. The van der Waals surface area contributed by atoms with E-state index >= 15 is 0 Å². The summed E-state index contributed by atoms with van der Waals surface area (Å²) in [5.41, 5.74) is -0.576. The maximum Gasteiger partial charge on any atom is 0.307 e. The molecule has 0 rings (SSSR count). The zero-order valence-electron chi connectivity index (χ0n) is 20.3. The van der Waals surface area contributed by atoms with Gasteiger partial charge in [0, 0.05) is 12.8 Å². The first kappa shape index (κ1) is 28.4. The molecule has 0 radical (unpaired) electrons. The van der Waals surface area contributed by atoms with Crippen LogP contribution < -0.4 is 5.32 Å². The van der Waals surface area contributed by atoms with Crippen molar-refractivity contribution in [2.24, 2.45) is 11.8 Å². The molecule has 30 heavy (non-hydrogen) atoms. The summed E-state index contributed by atoms with van der Waals surface area (Å²) in [6.45, 7) is 13.1. The minimum absolute atomic E-state index is 0.0668. The Morgan fingerprint density at radius 3 is 2.00 bits per heavy atom. The molecule has 0 aliphatic heterocycles. The minimum Gasteiger partial charge on any atom is -0.464 e. The van der Waals surface area contributed by atoms with E-state index in [4.69, 9.17) is 9.47 Å². The number of ether oxygens (including phenoxy) is 2. The third-order valence-electron chi connectivity index (χ3n) is 4.96. The molecule has 0 heterocycles. The van der Waals surface area contributed by atoms with Crippen molar-refractivity contribution in [2.45, 2.75) is 118 Å². The Hall–Kier alpha value is -1.59. The number of nitrogens with one attached hydrogen (secondary N) is 1. The first-order chi connectivity index (χ1) is 14.0. The van der Waals surface area contributed by atoms with Gasteiger partial charge in [0.15, 0.2) is 0 Å². The molecule has 6 heteroatoms. The lowest BCUT2D eigenvalue weighted by Crippen LogP contribution is -2.45. The van der Waals surface area contributed by atoms with Crippen LogP contribution in [-0.2, 0) is 23.9 Å². The predicted molar refractivity (Wildman–Crippen MR) is 120 cm³/mol. The Morgan fingerprint density at radius 1 is 0.933 bits per heavy atom. The van der Waals surface area contributed by atoms with Gasteiger partial charge in [-0.3, -0.25) is 14.4 Å². The minimum atomic E-state index is -0.576. The van der Waals surface area contributed by atoms with E-state index in [1.165, 1.54) is 32.6 Å². The van der Waals surface area contributed by atoms with Crippen LogP contribution in [0.15, 0.2) is 0 Å². The van der Waals surface area contributed by atoms with Crippen LogP contribution in [0.4, 0.5) is 0 Å². The van der Waals surface area contributed by atoms with Crippen molar-refractivity contribution in [1.82, 2.24) is 5.32 Å². The zero-order chi connectivity index (χ0) is 23.2. The molecule has 0 saturated carbocycles. The Kier molecular flexibility index (Phi) is 14.4. The summed E-state index contributed by atoms with van der Waals surface area (Å²) in [4.78, 5) is 36.4. The van der Waals surface area contributed by atoms with Gasteiger partial charge in [0.1, 0.15) is 12.2 Å². The summed E-state index contributed by atoms with van der Waals surface area (Å²) in [5.74, 6) is -1.23. The van der Waals surface area contributed by atoms with Crippen LogP contribution in [0.5, 0.6) is 0 Å². The van der Waals surface area contributed by atoms with Crippen LogP contribution in [0.3, 0.4) is 0 Å². The summed E-state index contributed by atoms with van der Waals surface area (Å²) in [6, 6.07) is -0.281. The van der Waals surface area contributed by atoms with E-state index in [1.807, 2.05) is 34.6 Å². The number of carbonyl (C=O) groups is 3. The van der Waals surface area contributed by atoms with E-state index in [0.717, 1.165) is 19.3 Å². The fourth-order valence-corrected chi connectivity index (χ4v) is 3.17. The molecule has 0 aliphatic rings. The van der Waals surface area contributed by atoms with E-state index in [9.17, 15) is 14.4 Å². The van der Waals surface area contributed by atoms with Gasteiger partial charge >= 0.3 is 11.9 Å². The molecule has 0 aromatic rings. The fraction of sp³-hybridized carbons (Fsp3) is 0.875. The molecule has 0 aromatic heterocycles. The van der Waals surface area contributed by atoms with Crippen molar-refractivity contribution < 1.29 is 23.9 Å². The number of hydrogen-bond donors (Lipinski definition) is 1. The molecule has 1 N–H and O–H groups in total. The van der Waals surface area contributed by atoms with E-state index in [0.29, 0.717) is 6.42 Å². The largest absolute Gasteiger partial charge is 0.464 e. The van der Waals surface area contributed by atoms with E-state index in [-0.39, 0.29) is 42.8 Å². The van der Waals surface area contributed by atoms with Gasteiger partial charge in [-0.05, 0) is 33.1 Å². The van der Waals surface area contributed by atoms with Crippen molar-refractivity contribution in [3.63, 3.8) is 0 Å². The number of carbonyl (C=O) groups excluding carboxylic acids is 3. The normalized spacial score (nSPS) is 13.6. The third-order valence-corrected chi connectivity index (χ3v) is 4.96. The van der Waals surface area contributed by atoms with Crippen molar-refractivity contribution in [3.05, 3.63) is 0 Å². The average Bonchev–Trinajstić information content (AvgIpc) is 2.61. The molecule has 6 nitrogen and oxygen atoms in total. The Labute approximate surface area is 183 Å². The highest BCUT2D eigenvalue weighted by Gasteiger charge is 2.28. The van der Waals surface area contributed by atoms with Crippen LogP contribution in [0.25, 0.3) is 0 Å². The highest BCUT2D eigenvalue weighted by molar-refractivity contribution is 5.84. The summed E-state index contributed by atoms with van der Waals surface area (Å²) in [6.07, 6.45) is 8.80. The van der Waals surface area contributed by atoms with Crippen LogP contribution in [0.2, 0.25) is 0 Å². The van der Waals surface area contributed by atoms with Crippen LogP contribution in [0, 0.1) is 11.8 Å². The maximum absolute atomic E-state index is 12.9. The molecule has 0 spiro atoms. The van der Waals surface area contributed by atoms with Gasteiger partial charge in [-0.25, -0.2) is 0 Å². The summed E-state index contributed by atoms with van der Waals surface area (Å²) in [5, 5.41) is 2.98. The molecule has 0 aliphatic carbocycles. The van der Waals surface area contributed by atoms with Crippen molar-refractivity contribution >= 4 is 17.8 Å². The SMILES string of the molecule is CCCCCCCCC[C@H](CC(=O)OC(C)(C)C)C(=O)N[C@H](COC(C)=O)C(C)C. The van der Waals surface area contributed by atoms with Gasteiger partial charge in [-0.1, -0.05) is 65.7 Å². The second kappa shape index (κ2) is 15.2. The molecule has 0 bridgehead atoms.